The fourth-order valence-corrected chi connectivity index (χ4v) is 1.40. The minimum Gasteiger partial charge on any atom is -0.476 e. The molecule has 1 aromatic carbocycles. The van der Waals surface area contributed by atoms with Gasteiger partial charge in [-0.05, 0) is 11.6 Å². The lowest BCUT2D eigenvalue weighted by Gasteiger charge is -2.12. The molecule has 0 radical (unpaired) electrons. The highest BCUT2D eigenvalue weighted by molar-refractivity contribution is 5.19. The van der Waals surface area contributed by atoms with Gasteiger partial charge in [-0.2, -0.15) is 0 Å². The van der Waals surface area contributed by atoms with Gasteiger partial charge in [-0.25, -0.2) is 4.98 Å². The molecule has 0 saturated heterocycles. The Morgan fingerprint density at radius 2 is 1.81 bits per heavy atom. The van der Waals surface area contributed by atoms with Crippen LogP contribution in [0, 0.1) is 0 Å². The van der Waals surface area contributed by atoms with Gasteiger partial charge in [0.25, 0.3) is 0 Å². The molecule has 2 rings (SSSR count). The summed E-state index contributed by atoms with van der Waals surface area (Å²) < 4.78 is 5.49. The van der Waals surface area contributed by atoms with Crippen molar-refractivity contribution in [2.75, 3.05) is 6.61 Å². The Morgan fingerprint density at radius 3 is 2.50 bits per heavy atom. The summed E-state index contributed by atoms with van der Waals surface area (Å²) in [7, 11) is 0. The summed E-state index contributed by atoms with van der Waals surface area (Å²) in [5, 5.41) is 0. The number of ether oxygens (including phenoxy) is 1. The largest absolute Gasteiger partial charge is 0.476 e. The molecule has 3 heteroatoms. The van der Waals surface area contributed by atoms with Crippen LogP contribution in [0.2, 0.25) is 0 Å². The predicted molar refractivity (Wildman–Crippen MR) is 63.1 cm³/mol. The summed E-state index contributed by atoms with van der Waals surface area (Å²) in [6.07, 6.45) is 1.70. The highest BCUT2D eigenvalue weighted by Gasteiger charge is 2.05. The first kappa shape index (κ1) is 10.6. The van der Waals surface area contributed by atoms with Crippen molar-refractivity contribution in [1.29, 1.82) is 0 Å². The number of nitrogens with zero attached hydrogens (tertiary/aromatic N) is 1. The van der Waals surface area contributed by atoms with Gasteiger partial charge in [0, 0.05) is 12.3 Å². The van der Waals surface area contributed by atoms with Gasteiger partial charge in [0.2, 0.25) is 5.88 Å². The van der Waals surface area contributed by atoms with Gasteiger partial charge in [0.15, 0.2) is 0 Å². The molecule has 0 saturated carbocycles. The van der Waals surface area contributed by atoms with Crippen molar-refractivity contribution in [2.45, 2.75) is 6.04 Å². The van der Waals surface area contributed by atoms with E-state index in [4.69, 9.17) is 10.5 Å². The molecular weight excluding hydrogens is 200 g/mol. The lowest BCUT2D eigenvalue weighted by molar-refractivity contribution is 0.280. The van der Waals surface area contributed by atoms with Crippen molar-refractivity contribution in [3.8, 4) is 5.88 Å². The van der Waals surface area contributed by atoms with Crippen molar-refractivity contribution in [3.05, 3.63) is 60.3 Å². The van der Waals surface area contributed by atoms with Gasteiger partial charge < -0.3 is 10.5 Å². The normalized spacial score (nSPS) is 12.1. The number of rotatable bonds is 4. The number of hydrogen-bond acceptors (Lipinski definition) is 3. The number of hydrogen-bond donors (Lipinski definition) is 1. The monoisotopic (exact) mass is 214 g/mol. The van der Waals surface area contributed by atoms with Crippen LogP contribution in [0.3, 0.4) is 0 Å². The standard InChI is InChI=1S/C13H14N2O/c14-12(11-6-2-1-3-7-11)10-16-13-8-4-5-9-15-13/h1-9,12H,10,14H2. The van der Waals surface area contributed by atoms with E-state index in [-0.39, 0.29) is 6.04 Å². The molecule has 0 spiro atoms. The van der Waals surface area contributed by atoms with E-state index >= 15 is 0 Å². The second-order valence-corrected chi connectivity index (χ2v) is 3.50. The molecular formula is C13H14N2O. The van der Waals surface area contributed by atoms with Gasteiger partial charge in [0.1, 0.15) is 6.61 Å². The SMILES string of the molecule is NC(COc1ccccn1)c1ccccc1. The Kier molecular flexibility index (Phi) is 3.51. The molecule has 0 aliphatic rings. The van der Waals surface area contributed by atoms with E-state index < -0.39 is 0 Å². The minimum absolute atomic E-state index is 0.122. The van der Waals surface area contributed by atoms with E-state index in [2.05, 4.69) is 4.98 Å². The number of aromatic nitrogens is 1. The highest BCUT2D eigenvalue weighted by atomic mass is 16.5. The van der Waals surface area contributed by atoms with Crippen molar-refractivity contribution >= 4 is 0 Å². The third-order valence-electron chi connectivity index (χ3n) is 2.28. The van der Waals surface area contributed by atoms with Crippen LogP contribution < -0.4 is 10.5 Å². The molecule has 0 fully saturated rings. The maximum absolute atomic E-state index is 5.99. The van der Waals surface area contributed by atoms with Crippen LogP contribution in [-0.2, 0) is 0 Å². The maximum Gasteiger partial charge on any atom is 0.213 e. The predicted octanol–water partition coefficient (Wildman–Crippen LogP) is 2.16. The molecule has 0 aliphatic heterocycles. The molecule has 1 atom stereocenters. The first-order chi connectivity index (χ1) is 7.86. The molecule has 2 aromatic rings. The molecule has 2 N–H and O–H groups in total. The van der Waals surface area contributed by atoms with E-state index in [0.29, 0.717) is 12.5 Å². The summed E-state index contributed by atoms with van der Waals surface area (Å²) in [6, 6.07) is 15.3. The van der Waals surface area contributed by atoms with Gasteiger partial charge in [0.05, 0.1) is 6.04 Å². The van der Waals surface area contributed by atoms with Crippen LogP contribution in [0.25, 0.3) is 0 Å². The molecule has 0 amide bonds. The van der Waals surface area contributed by atoms with E-state index in [0.717, 1.165) is 5.56 Å². The van der Waals surface area contributed by atoms with Gasteiger partial charge >= 0.3 is 0 Å². The van der Waals surface area contributed by atoms with Crippen LogP contribution in [-0.4, -0.2) is 11.6 Å². The molecule has 82 valence electrons. The molecule has 3 nitrogen and oxygen atoms in total. The first-order valence-electron chi connectivity index (χ1n) is 5.20. The minimum atomic E-state index is -0.122. The third-order valence-corrected chi connectivity index (χ3v) is 2.28. The maximum atomic E-state index is 5.99. The van der Waals surface area contributed by atoms with Crippen molar-refractivity contribution in [3.63, 3.8) is 0 Å². The third kappa shape index (κ3) is 2.81. The molecule has 16 heavy (non-hydrogen) atoms. The molecule has 1 aromatic heterocycles. The zero-order chi connectivity index (χ0) is 11.2. The van der Waals surface area contributed by atoms with Crippen LogP contribution >= 0.6 is 0 Å². The number of pyridine rings is 1. The zero-order valence-corrected chi connectivity index (χ0v) is 8.91. The number of benzene rings is 1. The Hall–Kier alpha value is -1.87. The quantitative estimate of drug-likeness (QED) is 0.848. The van der Waals surface area contributed by atoms with Crippen LogP contribution in [0.4, 0.5) is 0 Å². The van der Waals surface area contributed by atoms with Gasteiger partial charge in [-0.15, -0.1) is 0 Å². The summed E-state index contributed by atoms with van der Waals surface area (Å²) >= 11 is 0. The second-order valence-electron chi connectivity index (χ2n) is 3.50. The van der Waals surface area contributed by atoms with E-state index in [1.807, 2.05) is 48.5 Å². The van der Waals surface area contributed by atoms with E-state index in [1.54, 1.807) is 6.20 Å². The van der Waals surface area contributed by atoms with Gasteiger partial charge in [-0.3, -0.25) is 0 Å². The van der Waals surface area contributed by atoms with Crippen LogP contribution in [0.15, 0.2) is 54.7 Å². The first-order valence-corrected chi connectivity index (χ1v) is 5.20. The number of nitrogens with two attached hydrogens (primary N) is 1. The topological polar surface area (TPSA) is 48.1 Å². The lowest BCUT2D eigenvalue weighted by atomic mass is 10.1. The van der Waals surface area contributed by atoms with E-state index in [9.17, 15) is 0 Å². The molecule has 0 bridgehead atoms. The fraction of sp³-hybridized carbons (Fsp3) is 0.154. The summed E-state index contributed by atoms with van der Waals surface area (Å²) in [6.45, 7) is 0.432. The van der Waals surface area contributed by atoms with E-state index in [1.165, 1.54) is 0 Å². The summed E-state index contributed by atoms with van der Waals surface area (Å²) in [5.74, 6) is 0.605. The zero-order valence-electron chi connectivity index (χ0n) is 8.91. The highest BCUT2D eigenvalue weighted by Crippen LogP contribution is 2.11. The Morgan fingerprint density at radius 1 is 1.06 bits per heavy atom. The molecule has 1 heterocycles. The smallest absolute Gasteiger partial charge is 0.213 e. The summed E-state index contributed by atoms with van der Waals surface area (Å²) in [5.41, 5.74) is 7.06. The van der Waals surface area contributed by atoms with Crippen molar-refractivity contribution in [1.82, 2.24) is 4.98 Å². The van der Waals surface area contributed by atoms with Gasteiger partial charge in [-0.1, -0.05) is 36.4 Å². The second kappa shape index (κ2) is 5.28. The summed E-state index contributed by atoms with van der Waals surface area (Å²) in [4.78, 5) is 4.07. The van der Waals surface area contributed by atoms with Crippen LogP contribution in [0.5, 0.6) is 5.88 Å². The van der Waals surface area contributed by atoms with Crippen molar-refractivity contribution in [2.24, 2.45) is 5.73 Å². The molecule has 1 unspecified atom stereocenters. The average molecular weight is 214 g/mol. The Labute approximate surface area is 94.9 Å². The Bertz CT molecular complexity index is 416. The Balaban J connectivity index is 1.92. The fourth-order valence-electron chi connectivity index (χ4n) is 1.40. The lowest BCUT2D eigenvalue weighted by Crippen LogP contribution is -2.19. The average Bonchev–Trinajstić information content (AvgIpc) is 2.38. The molecule has 0 aliphatic carbocycles. The van der Waals surface area contributed by atoms with Crippen molar-refractivity contribution < 1.29 is 4.74 Å². The van der Waals surface area contributed by atoms with Crippen LogP contribution in [0.1, 0.15) is 11.6 Å².